The van der Waals surface area contributed by atoms with Crippen molar-refractivity contribution < 1.29 is 47.6 Å². The molecule has 5 rings (SSSR count). The molecule has 2 fully saturated rings. The van der Waals surface area contributed by atoms with Crippen LogP contribution in [-0.2, 0) is 38.1 Å². The maximum absolute atomic E-state index is 13.0. The molecule has 3 aromatic carbocycles. The Kier molecular flexibility index (Phi) is 16.0. The summed E-state index contributed by atoms with van der Waals surface area (Å²) in [4.78, 5) is 49.8. The average molecular weight is 755 g/mol. The zero-order valence-electron chi connectivity index (χ0n) is 32.1. The fourth-order valence-corrected chi connectivity index (χ4v) is 6.91. The molecule has 10 nitrogen and oxygen atoms in total. The summed E-state index contributed by atoms with van der Waals surface area (Å²) in [7, 11) is 0. The van der Waals surface area contributed by atoms with Crippen molar-refractivity contribution in [3.05, 3.63) is 102 Å². The van der Waals surface area contributed by atoms with Crippen LogP contribution in [0.3, 0.4) is 0 Å². The molecule has 0 unspecified atom stereocenters. The molecule has 1 saturated carbocycles. The number of benzene rings is 3. The van der Waals surface area contributed by atoms with E-state index >= 15 is 0 Å². The van der Waals surface area contributed by atoms with E-state index in [-0.39, 0.29) is 19.2 Å². The summed E-state index contributed by atoms with van der Waals surface area (Å²) < 4.78 is 33.1. The second kappa shape index (κ2) is 21.3. The molecule has 0 aromatic heterocycles. The Balaban J connectivity index is 1.10. The fourth-order valence-electron chi connectivity index (χ4n) is 6.91. The van der Waals surface area contributed by atoms with Crippen LogP contribution in [0.5, 0.6) is 5.75 Å². The zero-order valence-corrected chi connectivity index (χ0v) is 32.1. The first-order valence-corrected chi connectivity index (χ1v) is 19.8. The molecule has 0 N–H and O–H groups in total. The Bertz CT molecular complexity index is 1660. The summed E-state index contributed by atoms with van der Waals surface area (Å²) in [5.74, 6) is -0.582. The fraction of sp³-hybridized carbons (Fsp3) is 0.467. The monoisotopic (exact) mass is 754 g/mol. The van der Waals surface area contributed by atoms with Crippen molar-refractivity contribution in [2.24, 2.45) is 5.92 Å². The number of rotatable bonds is 19. The number of ether oxygens (including phenoxy) is 6. The van der Waals surface area contributed by atoms with Crippen molar-refractivity contribution in [1.82, 2.24) is 0 Å². The summed E-state index contributed by atoms with van der Waals surface area (Å²) in [6.45, 7) is 8.30. The van der Waals surface area contributed by atoms with Crippen LogP contribution in [0.1, 0.15) is 118 Å². The molecule has 0 amide bonds. The van der Waals surface area contributed by atoms with Crippen molar-refractivity contribution in [1.29, 1.82) is 0 Å². The summed E-state index contributed by atoms with van der Waals surface area (Å²) >= 11 is 0. The largest absolute Gasteiger partial charge is 0.464 e. The minimum atomic E-state index is -1.26. The van der Waals surface area contributed by atoms with Gasteiger partial charge < -0.3 is 28.4 Å². The van der Waals surface area contributed by atoms with E-state index in [2.05, 4.69) is 30.8 Å². The SMILES string of the molecule is C=CC(=O)OCCCCC1CCC(c2ccc(-c3ccc(C(=O)Oc4ccc(C5O[C@@H](C(=O)OCCCC)[C@H](C(=O)OCCCC)O5)cc4)cc3)cc2)CC1. The van der Waals surface area contributed by atoms with Crippen LogP contribution in [-0.4, -0.2) is 55.9 Å². The van der Waals surface area contributed by atoms with E-state index in [1.54, 1.807) is 36.4 Å². The third-order valence-electron chi connectivity index (χ3n) is 10.2. The molecule has 55 heavy (non-hydrogen) atoms. The Morgan fingerprint density at radius 3 is 1.73 bits per heavy atom. The molecule has 1 heterocycles. The van der Waals surface area contributed by atoms with Gasteiger partial charge in [0.05, 0.1) is 25.4 Å². The minimum absolute atomic E-state index is 0.220. The molecule has 294 valence electrons. The number of carbonyl (C=O) groups excluding carboxylic acids is 4. The van der Waals surface area contributed by atoms with Gasteiger partial charge in [-0.3, -0.25) is 0 Å². The Morgan fingerprint density at radius 2 is 1.18 bits per heavy atom. The molecule has 10 heteroatoms. The van der Waals surface area contributed by atoms with Gasteiger partial charge in [0.2, 0.25) is 0 Å². The highest BCUT2D eigenvalue weighted by Gasteiger charge is 2.47. The van der Waals surface area contributed by atoms with Crippen LogP contribution >= 0.6 is 0 Å². The molecule has 1 saturated heterocycles. The first-order chi connectivity index (χ1) is 26.8. The normalized spacial score (nSPS) is 19.7. The summed E-state index contributed by atoms with van der Waals surface area (Å²) in [6.07, 6.45) is 8.72. The highest BCUT2D eigenvalue weighted by atomic mass is 16.8. The van der Waals surface area contributed by atoms with E-state index in [4.69, 9.17) is 28.4 Å². The van der Waals surface area contributed by atoms with Gasteiger partial charge in [-0.15, -0.1) is 0 Å². The molecule has 0 bridgehead atoms. The quantitative estimate of drug-likeness (QED) is 0.0385. The van der Waals surface area contributed by atoms with Gasteiger partial charge in [-0.05, 0) is 104 Å². The molecule has 0 spiro atoms. The van der Waals surface area contributed by atoms with Crippen molar-refractivity contribution in [2.45, 2.75) is 109 Å². The number of unbranched alkanes of at least 4 members (excludes halogenated alkanes) is 3. The number of carbonyl (C=O) groups is 4. The summed E-state index contributed by atoms with van der Waals surface area (Å²) in [6, 6.07) is 22.6. The highest BCUT2D eigenvalue weighted by Crippen LogP contribution is 2.38. The summed E-state index contributed by atoms with van der Waals surface area (Å²) in [5.41, 5.74) is 4.40. The van der Waals surface area contributed by atoms with Crippen LogP contribution in [0.25, 0.3) is 11.1 Å². The van der Waals surface area contributed by atoms with E-state index in [9.17, 15) is 19.2 Å². The van der Waals surface area contributed by atoms with Gasteiger partial charge in [0.15, 0.2) is 18.5 Å². The molecule has 3 aromatic rings. The predicted molar refractivity (Wildman–Crippen MR) is 207 cm³/mol. The highest BCUT2D eigenvalue weighted by molar-refractivity contribution is 5.91. The van der Waals surface area contributed by atoms with Gasteiger partial charge >= 0.3 is 23.9 Å². The topological polar surface area (TPSA) is 124 Å². The standard InChI is InChI=1S/C45H54O10/c1-4-7-28-51-43(48)40-41(44(49)52-29-8-5-2)55-45(54-40)37-24-26-38(27-25-37)53-42(47)36-22-20-35(21-23-36)34-18-16-33(17-19-34)32-14-12-31(13-15-32)11-9-10-30-50-39(46)6-3/h6,16-27,31-32,40-41,45H,3-5,7-15,28-30H2,1-2H3/t31?,32?,40-,41-/m1/s1. The third-order valence-corrected chi connectivity index (χ3v) is 10.2. The minimum Gasteiger partial charge on any atom is -0.464 e. The van der Waals surface area contributed by atoms with Crippen molar-refractivity contribution in [3.63, 3.8) is 0 Å². The summed E-state index contributed by atoms with van der Waals surface area (Å²) in [5, 5.41) is 0. The van der Waals surface area contributed by atoms with Crippen LogP contribution < -0.4 is 4.74 Å². The molecule has 0 radical (unpaired) electrons. The van der Waals surface area contributed by atoms with Gasteiger partial charge in [0, 0.05) is 11.6 Å². The molecular formula is C45H54O10. The number of hydrogen-bond acceptors (Lipinski definition) is 10. The van der Waals surface area contributed by atoms with Gasteiger partial charge in [-0.25, -0.2) is 19.2 Å². The van der Waals surface area contributed by atoms with E-state index in [1.165, 1.54) is 43.7 Å². The zero-order chi connectivity index (χ0) is 39.0. The maximum Gasteiger partial charge on any atom is 0.343 e. The van der Waals surface area contributed by atoms with Crippen molar-refractivity contribution in [3.8, 4) is 16.9 Å². The lowest BCUT2D eigenvalue weighted by Crippen LogP contribution is -2.39. The lowest BCUT2D eigenvalue weighted by Gasteiger charge is -2.29. The lowest BCUT2D eigenvalue weighted by molar-refractivity contribution is -0.163. The smallest absolute Gasteiger partial charge is 0.343 e. The van der Waals surface area contributed by atoms with Gasteiger partial charge in [-0.1, -0.05) is 88.2 Å². The number of hydrogen-bond donors (Lipinski definition) is 0. The lowest BCUT2D eigenvalue weighted by atomic mass is 9.77. The van der Waals surface area contributed by atoms with Crippen molar-refractivity contribution >= 4 is 23.9 Å². The first-order valence-electron chi connectivity index (χ1n) is 19.8. The second-order valence-corrected chi connectivity index (χ2v) is 14.2. The van der Waals surface area contributed by atoms with Crippen LogP contribution in [0.2, 0.25) is 0 Å². The van der Waals surface area contributed by atoms with Gasteiger partial charge in [-0.2, -0.15) is 0 Å². The average Bonchev–Trinajstić information content (AvgIpc) is 3.67. The Hall–Kier alpha value is -4.80. The Morgan fingerprint density at radius 1 is 0.655 bits per heavy atom. The maximum atomic E-state index is 13.0. The number of esters is 4. The molecule has 1 aliphatic heterocycles. The van der Waals surface area contributed by atoms with Crippen LogP contribution in [0, 0.1) is 5.92 Å². The molecular weight excluding hydrogens is 700 g/mol. The van der Waals surface area contributed by atoms with E-state index in [0.717, 1.165) is 42.7 Å². The van der Waals surface area contributed by atoms with E-state index in [0.29, 0.717) is 42.2 Å². The van der Waals surface area contributed by atoms with Crippen LogP contribution in [0.15, 0.2) is 85.5 Å². The molecule has 1 aliphatic carbocycles. The van der Waals surface area contributed by atoms with E-state index < -0.39 is 36.4 Å². The van der Waals surface area contributed by atoms with Gasteiger partial charge in [0.1, 0.15) is 5.75 Å². The molecule has 2 aliphatic rings. The van der Waals surface area contributed by atoms with Crippen LogP contribution in [0.4, 0.5) is 0 Å². The first kappa shape index (κ1) is 41.4. The van der Waals surface area contributed by atoms with Crippen molar-refractivity contribution in [2.75, 3.05) is 19.8 Å². The van der Waals surface area contributed by atoms with Gasteiger partial charge in [0.25, 0.3) is 0 Å². The van der Waals surface area contributed by atoms with E-state index in [1.807, 2.05) is 26.0 Å². The Labute approximate surface area is 324 Å². The molecule has 2 atom stereocenters. The third kappa shape index (κ3) is 12.1. The second-order valence-electron chi connectivity index (χ2n) is 14.2. The predicted octanol–water partition coefficient (Wildman–Crippen LogP) is 9.22.